The number of hydrogen-bond donors (Lipinski definition) is 3. The van der Waals surface area contributed by atoms with Gasteiger partial charge in [-0.3, -0.25) is 4.79 Å². The zero-order chi connectivity index (χ0) is 19.4. The number of nitrogens with one attached hydrogen (secondary N) is 1. The average Bonchev–Trinajstić information content (AvgIpc) is 2.66. The molecular formula is C19H16IN3O3S. The highest BCUT2D eigenvalue weighted by molar-refractivity contribution is 14.1. The molecule has 3 aromatic carbocycles. The number of carbonyl (C=O) groups is 1. The van der Waals surface area contributed by atoms with Crippen LogP contribution in [0.5, 0.6) is 0 Å². The molecule has 0 aliphatic carbocycles. The van der Waals surface area contributed by atoms with Gasteiger partial charge in [0, 0.05) is 17.0 Å². The molecule has 0 aliphatic heterocycles. The van der Waals surface area contributed by atoms with Crippen LogP contribution in [0.15, 0.2) is 65.7 Å². The molecule has 3 rings (SSSR count). The number of hydrogen-bond acceptors (Lipinski definition) is 5. The first-order valence-electron chi connectivity index (χ1n) is 7.96. The van der Waals surface area contributed by atoms with E-state index in [4.69, 9.17) is 5.73 Å². The second-order valence-corrected chi connectivity index (χ2v) is 7.82. The molecule has 0 heterocycles. The number of Topliss-reactive ketones (excluding diaryl/α,β-unsaturated/α-hetero) is 1. The van der Waals surface area contributed by atoms with Gasteiger partial charge in [0.05, 0.1) is 15.0 Å². The van der Waals surface area contributed by atoms with Crippen molar-refractivity contribution in [3.63, 3.8) is 0 Å². The molecule has 27 heavy (non-hydrogen) atoms. The smallest absolute Gasteiger partial charge is 0.177 e. The van der Waals surface area contributed by atoms with Crippen molar-refractivity contribution in [2.75, 3.05) is 5.75 Å². The molecule has 138 valence electrons. The zero-order valence-corrected chi connectivity index (χ0v) is 17.0. The lowest BCUT2D eigenvalue weighted by atomic mass is 10.1. The summed E-state index contributed by atoms with van der Waals surface area (Å²) in [6.45, 7) is 0. The molecule has 0 saturated carbocycles. The molecule has 0 amide bonds. The Morgan fingerprint density at radius 2 is 1.93 bits per heavy atom. The number of amidine groups is 1. The van der Waals surface area contributed by atoms with Gasteiger partial charge in [0.25, 0.3) is 0 Å². The van der Waals surface area contributed by atoms with E-state index in [-0.39, 0.29) is 22.4 Å². The van der Waals surface area contributed by atoms with E-state index < -0.39 is 5.23 Å². The lowest BCUT2D eigenvalue weighted by molar-refractivity contribution is -0.991. The van der Waals surface area contributed by atoms with Crippen LogP contribution in [0.25, 0.3) is 10.8 Å². The number of fused-ring (bicyclic) bond motifs is 1. The summed E-state index contributed by atoms with van der Waals surface area (Å²) in [5.74, 6) is -0.116. The van der Waals surface area contributed by atoms with E-state index >= 15 is 0 Å². The third-order valence-corrected chi connectivity index (χ3v) is 5.60. The first-order chi connectivity index (χ1) is 13.0. The molecule has 0 radical (unpaired) electrons. The van der Waals surface area contributed by atoms with E-state index in [1.165, 1.54) is 6.07 Å². The quantitative estimate of drug-likeness (QED) is 0.166. The molecule has 8 heteroatoms. The fourth-order valence-electron chi connectivity index (χ4n) is 2.54. The fourth-order valence-corrected chi connectivity index (χ4v) is 3.72. The number of quaternary nitrogens is 1. The number of nitrogens with zero attached hydrogens (tertiary/aromatic N) is 1. The molecule has 0 bridgehead atoms. The normalized spacial score (nSPS) is 12.9. The van der Waals surface area contributed by atoms with E-state index in [2.05, 4.69) is 4.99 Å². The monoisotopic (exact) mass is 493 g/mol. The van der Waals surface area contributed by atoms with Gasteiger partial charge in [-0.1, -0.05) is 48.2 Å². The Balaban J connectivity index is 1.73. The summed E-state index contributed by atoms with van der Waals surface area (Å²) < 4.78 is 0.585. The molecule has 0 saturated heterocycles. The second kappa shape index (κ2) is 8.81. The number of aliphatic imine (C=N–C) groups is 1. The minimum Gasteiger partial charge on any atom is -0.595 e. The van der Waals surface area contributed by atoms with Crippen molar-refractivity contribution in [2.45, 2.75) is 0 Å². The number of halogens is 1. The van der Waals surface area contributed by atoms with Crippen molar-refractivity contribution < 1.29 is 15.2 Å². The Morgan fingerprint density at radius 3 is 2.70 bits per heavy atom. The first-order valence-corrected chi connectivity index (χ1v) is 10.0. The maximum absolute atomic E-state index is 12.4. The number of carbonyl (C=O) groups excluding carboxylic acids is 1. The van der Waals surface area contributed by atoms with Crippen LogP contribution in [-0.2, 0) is 0 Å². The summed E-state index contributed by atoms with van der Waals surface area (Å²) in [5.41, 5.74) is 7.19. The van der Waals surface area contributed by atoms with Crippen molar-refractivity contribution in [3.8, 4) is 0 Å². The predicted octanol–water partition coefficient (Wildman–Crippen LogP) is 3.41. The van der Waals surface area contributed by atoms with Crippen LogP contribution < -0.4 is 11.0 Å². The van der Waals surface area contributed by atoms with Crippen LogP contribution in [0.1, 0.15) is 10.4 Å². The standard InChI is InChI=1S/C19H16IN3O3S/c20-15-9-8-13(10-17(15)23(25)26)18(24)11-27-19(21)22-16-7-3-5-12-4-1-2-6-14(12)16/h1-10,23,25H,11H2,(H2,21,22). The number of rotatable bonds is 5. The Morgan fingerprint density at radius 1 is 1.19 bits per heavy atom. The van der Waals surface area contributed by atoms with Crippen molar-refractivity contribution >= 4 is 67.5 Å². The van der Waals surface area contributed by atoms with E-state index in [1.807, 2.05) is 65.1 Å². The Hall–Kier alpha value is -1.98. The van der Waals surface area contributed by atoms with E-state index in [0.717, 1.165) is 28.2 Å². The molecule has 0 spiro atoms. The summed E-state index contributed by atoms with van der Waals surface area (Å²) in [4.78, 5) is 16.8. The van der Waals surface area contributed by atoms with Crippen LogP contribution in [0, 0.1) is 8.78 Å². The van der Waals surface area contributed by atoms with Gasteiger partial charge < -0.3 is 10.9 Å². The van der Waals surface area contributed by atoms with Gasteiger partial charge in [0.2, 0.25) is 0 Å². The van der Waals surface area contributed by atoms with Gasteiger partial charge in [-0.25, -0.2) is 10.2 Å². The number of nitrogens with two attached hydrogens (primary N) is 1. The molecule has 3 aromatic rings. The van der Waals surface area contributed by atoms with Crippen LogP contribution in [0.3, 0.4) is 0 Å². The summed E-state index contributed by atoms with van der Waals surface area (Å²) in [6.07, 6.45) is 0. The van der Waals surface area contributed by atoms with Crippen molar-refractivity contribution in [1.82, 2.24) is 0 Å². The van der Waals surface area contributed by atoms with Crippen LogP contribution in [-0.4, -0.2) is 21.9 Å². The van der Waals surface area contributed by atoms with E-state index in [0.29, 0.717) is 9.13 Å². The highest BCUT2D eigenvalue weighted by Crippen LogP contribution is 2.26. The highest BCUT2D eigenvalue weighted by Gasteiger charge is 2.13. The molecule has 0 fully saturated rings. The zero-order valence-electron chi connectivity index (χ0n) is 14.1. The molecular weight excluding hydrogens is 477 g/mol. The average molecular weight is 493 g/mol. The highest BCUT2D eigenvalue weighted by atomic mass is 127. The van der Waals surface area contributed by atoms with Gasteiger partial charge in [-0.15, -0.1) is 0 Å². The van der Waals surface area contributed by atoms with Crippen LogP contribution in [0.4, 0.5) is 11.4 Å². The number of benzene rings is 3. The summed E-state index contributed by atoms with van der Waals surface area (Å²) in [7, 11) is 0. The molecule has 0 aromatic heterocycles. The van der Waals surface area contributed by atoms with Gasteiger partial charge in [0.15, 0.2) is 16.6 Å². The largest absolute Gasteiger partial charge is 0.595 e. The fraction of sp³-hybridized carbons (Fsp3) is 0.0526. The SMILES string of the molecule is NC(=Nc1cccc2ccccc12)SCC(=O)c1ccc(I)c([NH+]([O-])O)c1. The predicted molar refractivity (Wildman–Crippen MR) is 117 cm³/mol. The molecule has 1 atom stereocenters. The molecule has 4 N–H and O–H groups in total. The van der Waals surface area contributed by atoms with Gasteiger partial charge >= 0.3 is 0 Å². The Labute approximate surface area is 173 Å². The van der Waals surface area contributed by atoms with Crippen molar-refractivity contribution in [2.24, 2.45) is 10.7 Å². The van der Waals surface area contributed by atoms with E-state index in [1.54, 1.807) is 12.1 Å². The lowest BCUT2D eigenvalue weighted by Crippen LogP contribution is -2.99. The maximum atomic E-state index is 12.4. The Kier molecular flexibility index (Phi) is 6.45. The van der Waals surface area contributed by atoms with Crippen LogP contribution >= 0.6 is 34.4 Å². The van der Waals surface area contributed by atoms with Crippen molar-refractivity contribution in [1.29, 1.82) is 0 Å². The third-order valence-electron chi connectivity index (χ3n) is 3.87. The first kappa shape index (κ1) is 19.8. The molecule has 1 unspecified atom stereocenters. The topological polar surface area (TPSA) is 103 Å². The Bertz CT molecular complexity index is 1020. The van der Waals surface area contributed by atoms with E-state index in [9.17, 15) is 15.2 Å². The summed E-state index contributed by atoms with van der Waals surface area (Å²) >= 11 is 3.06. The summed E-state index contributed by atoms with van der Waals surface area (Å²) in [6, 6.07) is 18.3. The van der Waals surface area contributed by atoms with Gasteiger partial charge in [-0.05, 0) is 46.2 Å². The molecule has 6 nitrogen and oxygen atoms in total. The summed E-state index contributed by atoms with van der Waals surface area (Å²) in [5, 5.41) is 21.7. The van der Waals surface area contributed by atoms with Gasteiger partial charge in [-0.2, -0.15) is 5.23 Å². The third kappa shape index (κ3) is 4.85. The molecule has 0 aliphatic rings. The number of ketones is 1. The lowest BCUT2D eigenvalue weighted by Gasteiger charge is -2.14. The minimum absolute atomic E-state index is 0.0831. The number of thioether (sulfide) groups is 1. The maximum Gasteiger partial charge on any atom is 0.177 e. The van der Waals surface area contributed by atoms with Crippen molar-refractivity contribution in [3.05, 3.63) is 75.0 Å². The minimum atomic E-state index is -1.06. The second-order valence-electron chi connectivity index (χ2n) is 5.66. The van der Waals surface area contributed by atoms with Crippen LogP contribution in [0.2, 0.25) is 0 Å². The van der Waals surface area contributed by atoms with Gasteiger partial charge in [0.1, 0.15) is 0 Å².